The van der Waals surface area contributed by atoms with E-state index in [0.29, 0.717) is 12.1 Å². The van der Waals surface area contributed by atoms with Gasteiger partial charge in [-0.25, -0.2) is 9.59 Å². The van der Waals surface area contributed by atoms with E-state index in [4.69, 9.17) is 4.74 Å². The second-order valence-corrected chi connectivity index (χ2v) is 9.19. The van der Waals surface area contributed by atoms with Crippen LogP contribution in [0.3, 0.4) is 0 Å². The zero-order chi connectivity index (χ0) is 25.1. The molecule has 0 unspecified atom stereocenters. The van der Waals surface area contributed by atoms with Crippen LogP contribution in [-0.4, -0.2) is 46.9 Å². The van der Waals surface area contributed by atoms with E-state index in [0.717, 1.165) is 65.6 Å². The van der Waals surface area contributed by atoms with Crippen molar-refractivity contribution in [1.82, 2.24) is 14.7 Å². The van der Waals surface area contributed by atoms with Gasteiger partial charge in [-0.2, -0.15) is 5.10 Å². The molecule has 0 spiro atoms. The summed E-state index contributed by atoms with van der Waals surface area (Å²) >= 11 is 0. The SMILES string of the molecule is COC(=O)c1ccc(CN(C(=O)N2CCCCC2)c2ccc(-c3ccc4cnn(C)c4c3)cc2)cc1. The van der Waals surface area contributed by atoms with Crippen LogP contribution in [0, 0.1) is 0 Å². The number of anilines is 1. The molecule has 2 amide bonds. The van der Waals surface area contributed by atoms with Gasteiger partial charge in [0.05, 0.1) is 30.9 Å². The Morgan fingerprint density at radius 3 is 2.31 bits per heavy atom. The van der Waals surface area contributed by atoms with Crippen molar-refractivity contribution in [2.75, 3.05) is 25.1 Å². The summed E-state index contributed by atoms with van der Waals surface area (Å²) in [5, 5.41) is 5.44. The third-order valence-electron chi connectivity index (χ3n) is 6.83. The van der Waals surface area contributed by atoms with Gasteiger partial charge in [-0.3, -0.25) is 9.58 Å². The predicted molar refractivity (Wildman–Crippen MR) is 141 cm³/mol. The van der Waals surface area contributed by atoms with E-state index in [1.54, 1.807) is 12.1 Å². The van der Waals surface area contributed by atoms with E-state index >= 15 is 0 Å². The van der Waals surface area contributed by atoms with E-state index in [2.05, 4.69) is 35.4 Å². The number of methoxy groups -OCH3 is 1. The number of urea groups is 1. The predicted octanol–water partition coefficient (Wildman–Crippen LogP) is 5.64. The Kier molecular flexibility index (Phi) is 6.71. The molecule has 1 aromatic heterocycles. The molecule has 184 valence electrons. The third-order valence-corrected chi connectivity index (χ3v) is 6.83. The van der Waals surface area contributed by atoms with Gasteiger partial charge in [0.1, 0.15) is 0 Å². The van der Waals surface area contributed by atoms with E-state index in [1.807, 2.05) is 52.0 Å². The fourth-order valence-electron chi connectivity index (χ4n) is 4.73. The van der Waals surface area contributed by atoms with Crippen molar-refractivity contribution in [2.45, 2.75) is 25.8 Å². The smallest absolute Gasteiger partial charge is 0.337 e. The Hall–Kier alpha value is -4.13. The van der Waals surface area contributed by atoms with Gasteiger partial charge in [-0.1, -0.05) is 36.4 Å². The number of nitrogens with zero attached hydrogens (tertiary/aromatic N) is 4. The highest BCUT2D eigenvalue weighted by Gasteiger charge is 2.24. The van der Waals surface area contributed by atoms with Gasteiger partial charge >= 0.3 is 12.0 Å². The summed E-state index contributed by atoms with van der Waals surface area (Å²) in [6.07, 6.45) is 5.09. The number of aryl methyl sites for hydroxylation is 1. The van der Waals surface area contributed by atoms with Gasteiger partial charge in [0.25, 0.3) is 0 Å². The zero-order valence-corrected chi connectivity index (χ0v) is 20.7. The second-order valence-electron chi connectivity index (χ2n) is 9.19. The molecule has 7 heteroatoms. The van der Waals surface area contributed by atoms with Crippen molar-refractivity contribution in [3.63, 3.8) is 0 Å². The minimum atomic E-state index is -0.373. The maximum atomic E-state index is 13.6. The number of carbonyl (C=O) groups is 2. The van der Waals surface area contributed by atoms with Crippen LogP contribution in [0.25, 0.3) is 22.0 Å². The number of amides is 2. The number of carbonyl (C=O) groups excluding carboxylic acids is 2. The van der Waals surface area contributed by atoms with Crippen LogP contribution in [0.2, 0.25) is 0 Å². The topological polar surface area (TPSA) is 67.7 Å². The largest absolute Gasteiger partial charge is 0.465 e. The minimum absolute atomic E-state index is 0.01000. The molecular weight excluding hydrogens is 452 g/mol. The van der Waals surface area contributed by atoms with Crippen molar-refractivity contribution < 1.29 is 14.3 Å². The molecule has 3 aromatic carbocycles. The summed E-state index contributed by atoms with van der Waals surface area (Å²) < 4.78 is 6.68. The fourth-order valence-corrected chi connectivity index (χ4v) is 4.73. The van der Waals surface area contributed by atoms with Crippen molar-refractivity contribution in [1.29, 1.82) is 0 Å². The standard InChI is InChI=1S/C29H30N4O3/c1-31-27-18-24(10-11-25(27)19-30-31)22-12-14-26(15-13-22)33(29(35)32-16-4-3-5-17-32)20-21-6-8-23(9-7-21)28(34)36-2/h6-15,18-19H,3-5,16-17,20H2,1-2H3. The summed E-state index contributed by atoms with van der Waals surface area (Å²) in [6.45, 7) is 1.97. The average Bonchev–Trinajstić information content (AvgIpc) is 3.31. The molecule has 1 aliphatic heterocycles. The number of likely N-dealkylation sites (tertiary alicyclic amines) is 1. The number of esters is 1. The maximum absolute atomic E-state index is 13.6. The molecule has 1 fully saturated rings. The number of piperidine rings is 1. The zero-order valence-electron chi connectivity index (χ0n) is 20.7. The molecule has 0 atom stereocenters. The summed E-state index contributed by atoms with van der Waals surface area (Å²) in [6, 6.07) is 21.7. The van der Waals surface area contributed by atoms with E-state index in [9.17, 15) is 9.59 Å². The Bertz CT molecular complexity index is 1370. The van der Waals surface area contributed by atoms with Crippen molar-refractivity contribution in [2.24, 2.45) is 7.05 Å². The Morgan fingerprint density at radius 1 is 0.917 bits per heavy atom. The molecule has 0 bridgehead atoms. The lowest BCUT2D eigenvalue weighted by Gasteiger charge is -2.33. The molecule has 0 saturated carbocycles. The van der Waals surface area contributed by atoms with Gasteiger partial charge < -0.3 is 9.64 Å². The lowest BCUT2D eigenvalue weighted by atomic mass is 10.0. The number of hydrogen-bond donors (Lipinski definition) is 0. The highest BCUT2D eigenvalue weighted by molar-refractivity contribution is 5.93. The lowest BCUT2D eigenvalue weighted by molar-refractivity contribution is 0.0600. The summed E-state index contributed by atoms with van der Waals surface area (Å²) in [5.41, 5.74) is 5.53. The fraction of sp³-hybridized carbons (Fsp3) is 0.276. The van der Waals surface area contributed by atoms with Crippen LogP contribution in [0.15, 0.2) is 72.9 Å². The molecule has 1 saturated heterocycles. The first kappa shape index (κ1) is 23.6. The van der Waals surface area contributed by atoms with Crippen LogP contribution in [0.1, 0.15) is 35.2 Å². The molecule has 5 rings (SSSR count). The van der Waals surface area contributed by atoms with Gasteiger partial charge in [0.15, 0.2) is 0 Å². The molecule has 0 radical (unpaired) electrons. The van der Waals surface area contributed by atoms with Gasteiger partial charge in [0, 0.05) is 31.2 Å². The first-order valence-corrected chi connectivity index (χ1v) is 12.3. The van der Waals surface area contributed by atoms with Crippen molar-refractivity contribution >= 4 is 28.6 Å². The highest BCUT2D eigenvalue weighted by Crippen LogP contribution is 2.28. The normalized spacial score (nSPS) is 13.6. The quantitative estimate of drug-likeness (QED) is 0.345. The molecule has 0 N–H and O–H groups in total. The molecule has 1 aliphatic rings. The minimum Gasteiger partial charge on any atom is -0.465 e. The second kappa shape index (κ2) is 10.2. The first-order chi connectivity index (χ1) is 17.5. The van der Waals surface area contributed by atoms with E-state index < -0.39 is 0 Å². The van der Waals surface area contributed by atoms with Crippen LogP contribution in [0.5, 0.6) is 0 Å². The molecule has 0 aliphatic carbocycles. The Morgan fingerprint density at radius 2 is 1.61 bits per heavy atom. The van der Waals surface area contributed by atoms with Crippen molar-refractivity contribution in [3.8, 4) is 11.1 Å². The number of aromatic nitrogens is 2. The molecule has 4 aromatic rings. The van der Waals surface area contributed by atoms with Crippen LogP contribution < -0.4 is 4.90 Å². The monoisotopic (exact) mass is 482 g/mol. The number of rotatable bonds is 5. The molecule has 7 nitrogen and oxygen atoms in total. The number of hydrogen-bond acceptors (Lipinski definition) is 4. The summed E-state index contributed by atoms with van der Waals surface area (Å²) in [4.78, 5) is 29.2. The van der Waals surface area contributed by atoms with Crippen LogP contribution in [-0.2, 0) is 18.3 Å². The lowest BCUT2D eigenvalue weighted by Crippen LogP contribution is -2.45. The molecule has 36 heavy (non-hydrogen) atoms. The van der Waals surface area contributed by atoms with Gasteiger partial charge in [0.2, 0.25) is 0 Å². The number of benzene rings is 3. The number of ether oxygens (including phenoxy) is 1. The third kappa shape index (κ3) is 4.82. The van der Waals surface area contributed by atoms with E-state index in [-0.39, 0.29) is 12.0 Å². The molecular formula is C29H30N4O3. The summed E-state index contributed by atoms with van der Waals surface area (Å²) in [7, 11) is 3.31. The van der Waals surface area contributed by atoms with Crippen molar-refractivity contribution in [3.05, 3.63) is 84.1 Å². The Balaban J connectivity index is 1.43. The number of fused-ring (bicyclic) bond motifs is 1. The average molecular weight is 483 g/mol. The van der Waals surface area contributed by atoms with Gasteiger partial charge in [-0.15, -0.1) is 0 Å². The van der Waals surface area contributed by atoms with Crippen LogP contribution in [0.4, 0.5) is 10.5 Å². The Labute approximate surface area is 210 Å². The molecule has 2 heterocycles. The summed E-state index contributed by atoms with van der Waals surface area (Å²) in [5.74, 6) is -0.373. The highest BCUT2D eigenvalue weighted by atomic mass is 16.5. The maximum Gasteiger partial charge on any atom is 0.337 e. The van der Waals surface area contributed by atoms with Gasteiger partial charge in [-0.05, 0) is 66.3 Å². The van der Waals surface area contributed by atoms with E-state index in [1.165, 1.54) is 7.11 Å². The first-order valence-electron chi connectivity index (χ1n) is 12.3. The van der Waals surface area contributed by atoms with Crippen LogP contribution >= 0.6 is 0 Å².